The van der Waals surface area contributed by atoms with Crippen molar-refractivity contribution in [1.29, 1.82) is 0 Å². The number of hydrogen-bond donors (Lipinski definition) is 2. The van der Waals surface area contributed by atoms with Gasteiger partial charge in [-0.3, -0.25) is 19.2 Å². The zero-order valence-electron chi connectivity index (χ0n) is 32.3. The summed E-state index contributed by atoms with van der Waals surface area (Å²) in [6.45, 7) is 5.04. The third-order valence-electron chi connectivity index (χ3n) is 8.76. The van der Waals surface area contributed by atoms with Gasteiger partial charge in [0.05, 0.1) is 31.3 Å². The molecule has 1 unspecified atom stereocenters. The zero-order valence-corrected chi connectivity index (χ0v) is 32.3. The van der Waals surface area contributed by atoms with Gasteiger partial charge in [-0.2, -0.15) is 5.10 Å². The van der Waals surface area contributed by atoms with Crippen molar-refractivity contribution < 1.29 is 56.8 Å². The lowest BCUT2D eigenvalue weighted by Crippen LogP contribution is -2.39. The second-order valence-electron chi connectivity index (χ2n) is 13.3. The maximum Gasteiger partial charge on any atom is 0.306 e. The summed E-state index contributed by atoms with van der Waals surface area (Å²) in [4.78, 5) is 57.4. The van der Waals surface area contributed by atoms with Crippen molar-refractivity contribution in [2.75, 3.05) is 13.2 Å². The van der Waals surface area contributed by atoms with Crippen molar-refractivity contribution in [3.05, 3.63) is 72.1 Å². The first-order chi connectivity index (χ1) is 26.8. The molecule has 3 rings (SSSR count). The number of aliphatic hydroxyl groups is 1. The van der Waals surface area contributed by atoms with E-state index in [1.807, 2.05) is 0 Å². The number of aliphatic carboxylic acids is 1. The standard InChI is InChI=1S/C23H40O8.C16H14F3N5O/c1-3-5-7-9-11-13-21(26)29-17-19(31-23(28)16-15-20(24)25)18-30-22(27)14-12-10-8-6-4-2;1-10(15-14(19)5-20-7-22-15)16(25,6-24-9-21-8-23-24)12-3-2-11(17)4-13(12)18/h19H,3-18H2,1-2H3,(H,24,25);2-5,7-10,25H,6H2,1H3/t;10-,16?/m.0/s1. The first-order valence-corrected chi connectivity index (χ1v) is 19.0. The molecule has 0 spiro atoms. The molecular formula is C39H54F3N5O9. The Bertz CT molecular complexity index is 1600. The molecule has 0 saturated carbocycles. The molecule has 0 radical (unpaired) electrons. The van der Waals surface area contributed by atoms with Gasteiger partial charge in [0.2, 0.25) is 0 Å². The van der Waals surface area contributed by atoms with Gasteiger partial charge in [-0.05, 0) is 18.9 Å². The molecule has 3 aromatic rings. The van der Waals surface area contributed by atoms with Gasteiger partial charge in [0.1, 0.15) is 49.4 Å². The van der Waals surface area contributed by atoms with E-state index in [4.69, 9.17) is 19.3 Å². The van der Waals surface area contributed by atoms with Crippen molar-refractivity contribution in [3.8, 4) is 0 Å². The fraction of sp³-hybridized carbons (Fsp3) is 0.590. The first-order valence-electron chi connectivity index (χ1n) is 19.0. The zero-order chi connectivity index (χ0) is 41.3. The van der Waals surface area contributed by atoms with Crippen LogP contribution in [0, 0.1) is 17.5 Å². The number of ether oxygens (including phenoxy) is 3. The van der Waals surface area contributed by atoms with Gasteiger partial charge in [0.15, 0.2) is 11.9 Å². The Kier molecular flexibility index (Phi) is 21.9. The third-order valence-corrected chi connectivity index (χ3v) is 8.76. The highest BCUT2D eigenvalue weighted by Gasteiger charge is 2.41. The molecule has 2 atom stereocenters. The maximum atomic E-state index is 14.4. The lowest BCUT2D eigenvalue weighted by molar-refractivity contribution is -0.167. The first kappa shape index (κ1) is 47.2. The van der Waals surface area contributed by atoms with Crippen LogP contribution in [-0.4, -0.2) is 78.1 Å². The minimum Gasteiger partial charge on any atom is -0.481 e. The van der Waals surface area contributed by atoms with Crippen LogP contribution in [0.25, 0.3) is 0 Å². The molecule has 310 valence electrons. The lowest BCUT2D eigenvalue weighted by atomic mass is 9.79. The number of carbonyl (C=O) groups is 4. The second-order valence-corrected chi connectivity index (χ2v) is 13.3. The average molecular weight is 794 g/mol. The molecule has 2 aromatic heterocycles. The fourth-order valence-corrected chi connectivity index (χ4v) is 5.56. The SMILES string of the molecule is CCCCCCCC(=O)OCC(COC(=O)CCCCCCC)OC(=O)CCC(=O)O.C[C@@H](c1ncncc1F)C(O)(Cn1cncn1)c1ccc(F)cc1F. The summed E-state index contributed by atoms with van der Waals surface area (Å²) in [6, 6.07) is 2.80. The number of esters is 3. The molecule has 2 N–H and O–H groups in total. The van der Waals surface area contributed by atoms with E-state index in [9.17, 15) is 37.5 Å². The topological polar surface area (TPSA) is 193 Å². The van der Waals surface area contributed by atoms with Gasteiger partial charge in [-0.25, -0.2) is 32.8 Å². The van der Waals surface area contributed by atoms with Crippen molar-refractivity contribution in [1.82, 2.24) is 24.7 Å². The van der Waals surface area contributed by atoms with Crippen LogP contribution >= 0.6 is 0 Å². The summed E-state index contributed by atoms with van der Waals surface area (Å²) in [5.41, 5.74) is -2.25. The summed E-state index contributed by atoms with van der Waals surface area (Å²) in [5.74, 6) is -6.12. The Balaban J connectivity index is 0.000000393. The molecule has 0 aliphatic heterocycles. The van der Waals surface area contributed by atoms with Crippen LogP contribution in [0.5, 0.6) is 0 Å². The van der Waals surface area contributed by atoms with E-state index in [1.54, 1.807) is 0 Å². The van der Waals surface area contributed by atoms with Crippen LogP contribution in [-0.2, 0) is 45.5 Å². The number of rotatable bonds is 25. The van der Waals surface area contributed by atoms with Crippen LogP contribution in [0.2, 0.25) is 0 Å². The number of unbranched alkanes of at least 4 members (excludes halogenated alkanes) is 8. The molecule has 0 fully saturated rings. The molecule has 14 nitrogen and oxygen atoms in total. The monoisotopic (exact) mass is 793 g/mol. The van der Waals surface area contributed by atoms with Crippen LogP contribution in [0.4, 0.5) is 13.2 Å². The van der Waals surface area contributed by atoms with Gasteiger partial charge in [0.25, 0.3) is 0 Å². The predicted octanol–water partition coefficient (Wildman–Crippen LogP) is 6.75. The average Bonchev–Trinajstić information content (AvgIpc) is 3.67. The van der Waals surface area contributed by atoms with Crippen molar-refractivity contribution in [2.24, 2.45) is 0 Å². The van der Waals surface area contributed by atoms with E-state index in [0.717, 1.165) is 88.9 Å². The summed E-state index contributed by atoms with van der Waals surface area (Å²) >= 11 is 0. The number of benzene rings is 1. The summed E-state index contributed by atoms with van der Waals surface area (Å²) in [5, 5.41) is 23.9. The highest BCUT2D eigenvalue weighted by Crippen LogP contribution is 2.39. The minimum absolute atomic E-state index is 0.0960. The number of hydrogen-bond acceptors (Lipinski definition) is 12. The van der Waals surface area contributed by atoms with Gasteiger partial charge in [-0.1, -0.05) is 78.2 Å². The molecule has 0 amide bonds. The summed E-state index contributed by atoms with van der Waals surface area (Å²) < 4.78 is 58.5. The number of aromatic nitrogens is 5. The maximum absolute atomic E-state index is 14.4. The Hall–Kier alpha value is -4.93. The van der Waals surface area contributed by atoms with Crippen molar-refractivity contribution >= 4 is 23.9 Å². The van der Waals surface area contributed by atoms with E-state index in [1.165, 1.54) is 24.3 Å². The Morgan fingerprint density at radius 1 is 0.786 bits per heavy atom. The van der Waals surface area contributed by atoms with Crippen LogP contribution in [0.3, 0.4) is 0 Å². The largest absolute Gasteiger partial charge is 0.481 e. The van der Waals surface area contributed by atoms with Gasteiger partial charge >= 0.3 is 23.9 Å². The summed E-state index contributed by atoms with van der Waals surface area (Å²) in [6.07, 6.45) is 13.6. The van der Waals surface area contributed by atoms with Crippen molar-refractivity contribution in [2.45, 2.75) is 135 Å². The number of carboxylic acids is 1. The highest BCUT2D eigenvalue weighted by molar-refractivity contribution is 5.76. The fourth-order valence-electron chi connectivity index (χ4n) is 5.56. The third kappa shape index (κ3) is 17.7. The second kappa shape index (κ2) is 26.0. The molecule has 2 heterocycles. The van der Waals surface area contributed by atoms with Gasteiger partial charge in [-0.15, -0.1) is 0 Å². The number of carbonyl (C=O) groups excluding carboxylic acids is 3. The molecule has 0 aliphatic rings. The van der Waals surface area contributed by atoms with E-state index in [-0.39, 0.29) is 56.7 Å². The van der Waals surface area contributed by atoms with E-state index in [2.05, 4.69) is 33.9 Å². The lowest BCUT2D eigenvalue weighted by Gasteiger charge is -2.34. The molecule has 0 aliphatic carbocycles. The van der Waals surface area contributed by atoms with Gasteiger partial charge in [0, 0.05) is 30.4 Å². The van der Waals surface area contributed by atoms with Crippen LogP contribution in [0.15, 0.2) is 43.4 Å². The quantitative estimate of drug-likeness (QED) is 0.0521. The number of nitrogens with zero attached hydrogens (tertiary/aromatic N) is 5. The molecule has 56 heavy (non-hydrogen) atoms. The highest BCUT2D eigenvalue weighted by atomic mass is 19.1. The number of halogens is 3. The molecular weight excluding hydrogens is 739 g/mol. The van der Waals surface area contributed by atoms with Gasteiger partial charge < -0.3 is 24.4 Å². The normalized spacial score (nSPS) is 12.6. The van der Waals surface area contributed by atoms with Crippen LogP contribution in [0.1, 0.15) is 128 Å². The molecule has 1 aromatic carbocycles. The van der Waals surface area contributed by atoms with E-state index >= 15 is 0 Å². The molecule has 17 heteroatoms. The van der Waals surface area contributed by atoms with E-state index in [0.29, 0.717) is 6.07 Å². The van der Waals surface area contributed by atoms with Crippen molar-refractivity contribution in [3.63, 3.8) is 0 Å². The smallest absolute Gasteiger partial charge is 0.306 e. The Labute approximate surface area is 325 Å². The molecule has 0 saturated heterocycles. The summed E-state index contributed by atoms with van der Waals surface area (Å²) in [7, 11) is 0. The van der Waals surface area contributed by atoms with Crippen LogP contribution < -0.4 is 0 Å². The van der Waals surface area contributed by atoms with E-state index < -0.39 is 59.0 Å². The Morgan fingerprint density at radius 3 is 1.91 bits per heavy atom. The Morgan fingerprint density at radius 2 is 1.39 bits per heavy atom. The minimum atomic E-state index is -1.96. The molecule has 0 bridgehead atoms. The predicted molar refractivity (Wildman–Crippen MR) is 196 cm³/mol. The number of carboxylic acid groups (broad SMARTS) is 1.